The van der Waals surface area contributed by atoms with Crippen molar-refractivity contribution in [2.24, 2.45) is 0 Å². The van der Waals surface area contributed by atoms with Crippen molar-refractivity contribution in [1.82, 2.24) is 10.3 Å². The van der Waals surface area contributed by atoms with E-state index in [1.807, 2.05) is 31.2 Å². The van der Waals surface area contributed by atoms with E-state index in [-0.39, 0.29) is 0 Å². The summed E-state index contributed by atoms with van der Waals surface area (Å²) < 4.78 is -1.10. The van der Waals surface area contributed by atoms with Gasteiger partial charge in [-0.1, -0.05) is 52.5 Å². The number of hydrogen-bond donors (Lipinski definition) is 2. The van der Waals surface area contributed by atoms with Crippen molar-refractivity contribution < 1.29 is 4.79 Å². The van der Waals surface area contributed by atoms with Gasteiger partial charge in [-0.05, 0) is 47.1 Å². The van der Waals surface area contributed by atoms with Crippen molar-refractivity contribution in [2.45, 2.75) is 16.9 Å². The molecule has 1 aromatic carbocycles. The maximum Gasteiger partial charge on any atom is 0.254 e. The molecule has 1 heterocycles. The van der Waals surface area contributed by atoms with Crippen LogP contribution in [0.25, 0.3) is 0 Å². The van der Waals surface area contributed by atoms with Crippen LogP contribution in [-0.4, -0.2) is 20.8 Å². The van der Waals surface area contributed by atoms with E-state index in [4.69, 9.17) is 34.8 Å². The van der Waals surface area contributed by atoms with Gasteiger partial charge < -0.3 is 10.6 Å². The maximum atomic E-state index is 12.3. The molecule has 1 atom stereocenters. The molecule has 0 spiro atoms. The number of nitrogens with one attached hydrogen (secondary N) is 2. The third-order valence-electron chi connectivity index (χ3n) is 2.95. The monoisotopic (exact) mass is 435 g/mol. The number of rotatable bonds is 4. The fraction of sp³-hybridized carbons (Fsp3) is 0.200. The second-order valence-electron chi connectivity index (χ2n) is 4.83. The van der Waals surface area contributed by atoms with Gasteiger partial charge in [0.15, 0.2) is 0 Å². The molecule has 0 aliphatic heterocycles. The van der Waals surface area contributed by atoms with Crippen molar-refractivity contribution in [1.29, 1.82) is 0 Å². The van der Waals surface area contributed by atoms with E-state index in [0.29, 0.717) is 10.2 Å². The predicted octanol–water partition coefficient (Wildman–Crippen LogP) is 4.69. The van der Waals surface area contributed by atoms with Crippen molar-refractivity contribution in [3.63, 3.8) is 0 Å². The minimum absolute atomic E-state index is 0.359. The zero-order chi connectivity index (χ0) is 17.0. The fourth-order valence-electron chi connectivity index (χ4n) is 1.74. The minimum Gasteiger partial charge on any atom is -0.362 e. The van der Waals surface area contributed by atoms with Crippen molar-refractivity contribution >= 4 is 62.3 Å². The first kappa shape index (κ1) is 18.3. The molecule has 0 fully saturated rings. The lowest BCUT2D eigenvalue weighted by Crippen LogP contribution is -2.49. The van der Waals surface area contributed by atoms with Crippen LogP contribution in [0.4, 0.5) is 5.69 Å². The van der Waals surface area contributed by atoms with E-state index >= 15 is 0 Å². The first-order valence-electron chi connectivity index (χ1n) is 6.58. The van der Waals surface area contributed by atoms with Crippen LogP contribution < -0.4 is 10.6 Å². The van der Waals surface area contributed by atoms with Crippen LogP contribution >= 0.6 is 50.7 Å². The summed E-state index contributed by atoms with van der Waals surface area (Å²) in [7, 11) is 0. The molecular weight excluding hydrogens is 424 g/mol. The highest BCUT2D eigenvalue weighted by molar-refractivity contribution is 9.10. The smallest absolute Gasteiger partial charge is 0.254 e. The summed E-state index contributed by atoms with van der Waals surface area (Å²) in [5.41, 5.74) is 2.19. The maximum absolute atomic E-state index is 12.3. The number of nitrogens with zero attached hydrogens (tertiary/aromatic N) is 1. The van der Waals surface area contributed by atoms with Crippen LogP contribution in [0, 0.1) is 6.92 Å². The molecule has 4 nitrogen and oxygen atoms in total. The topological polar surface area (TPSA) is 54.0 Å². The highest BCUT2D eigenvalue weighted by Crippen LogP contribution is 2.31. The Balaban J connectivity index is 2.14. The van der Waals surface area contributed by atoms with E-state index in [0.717, 1.165) is 11.3 Å². The number of aryl methyl sites for hydroxylation is 1. The van der Waals surface area contributed by atoms with E-state index in [9.17, 15) is 4.79 Å². The first-order chi connectivity index (χ1) is 10.8. The largest absolute Gasteiger partial charge is 0.362 e. The normalized spacial score (nSPS) is 12.6. The average molecular weight is 438 g/mol. The standard InChI is InChI=1S/C15H13BrCl3N3O/c1-9-2-5-11(6-3-9)21-14(15(17,18)19)22-13(23)10-4-7-12(16)20-8-10/h2-8,14,21H,1H3,(H,22,23). The van der Waals surface area contributed by atoms with Gasteiger partial charge in [0.25, 0.3) is 5.91 Å². The molecule has 23 heavy (non-hydrogen) atoms. The number of amides is 1. The Morgan fingerprint density at radius 1 is 1.17 bits per heavy atom. The van der Waals surface area contributed by atoms with Crippen LogP contribution in [0.1, 0.15) is 15.9 Å². The van der Waals surface area contributed by atoms with Gasteiger partial charge in [-0.15, -0.1) is 0 Å². The summed E-state index contributed by atoms with van der Waals surface area (Å²) in [5, 5.41) is 5.66. The molecule has 0 saturated carbocycles. The van der Waals surface area contributed by atoms with E-state index in [2.05, 4.69) is 31.5 Å². The predicted molar refractivity (Wildman–Crippen MR) is 98.3 cm³/mol. The number of hydrogen-bond acceptors (Lipinski definition) is 3. The summed E-state index contributed by atoms with van der Waals surface area (Å²) in [6, 6.07) is 10.8. The Bertz CT molecular complexity index is 672. The van der Waals surface area contributed by atoms with Crippen LogP contribution in [-0.2, 0) is 0 Å². The van der Waals surface area contributed by atoms with Gasteiger partial charge in [0.05, 0.1) is 5.56 Å². The third-order valence-corrected chi connectivity index (χ3v) is 4.08. The van der Waals surface area contributed by atoms with Gasteiger partial charge >= 0.3 is 0 Å². The summed E-state index contributed by atoms with van der Waals surface area (Å²) in [6.07, 6.45) is 0.520. The van der Waals surface area contributed by atoms with Gasteiger partial charge in [0.1, 0.15) is 10.8 Å². The lowest BCUT2D eigenvalue weighted by Gasteiger charge is -2.27. The second kappa shape index (κ2) is 7.71. The molecule has 0 aliphatic rings. The Morgan fingerprint density at radius 3 is 2.35 bits per heavy atom. The number of aromatic nitrogens is 1. The molecule has 1 aromatic heterocycles. The zero-order valence-electron chi connectivity index (χ0n) is 12.0. The molecule has 0 radical (unpaired) electrons. The SMILES string of the molecule is Cc1ccc(NC(NC(=O)c2ccc(Br)nc2)C(Cl)(Cl)Cl)cc1. The molecule has 0 aliphatic carbocycles. The zero-order valence-corrected chi connectivity index (χ0v) is 15.8. The van der Waals surface area contributed by atoms with Gasteiger partial charge in [-0.3, -0.25) is 4.79 Å². The minimum atomic E-state index is -1.73. The van der Waals surface area contributed by atoms with Crippen LogP contribution in [0.15, 0.2) is 47.2 Å². The highest BCUT2D eigenvalue weighted by atomic mass is 79.9. The number of carbonyl (C=O) groups is 1. The summed E-state index contributed by atoms with van der Waals surface area (Å²) >= 11 is 21.1. The quantitative estimate of drug-likeness (QED) is 0.415. The Kier molecular flexibility index (Phi) is 6.14. The fourth-order valence-corrected chi connectivity index (χ4v) is 2.30. The number of pyridine rings is 1. The molecule has 1 amide bonds. The Labute approximate surface area is 157 Å². The van der Waals surface area contributed by atoms with E-state index < -0.39 is 15.9 Å². The molecule has 2 aromatic rings. The Morgan fingerprint density at radius 2 is 1.83 bits per heavy atom. The van der Waals surface area contributed by atoms with E-state index in [1.165, 1.54) is 6.20 Å². The van der Waals surface area contributed by atoms with E-state index in [1.54, 1.807) is 12.1 Å². The Hall–Kier alpha value is -1.01. The molecule has 0 bridgehead atoms. The average Bonchev–Trinajstić information content (AvgIpc) is 2.48. The second-order valence-corrected chi connectivity index (χ2v) is 8.01. The van der Waals surface area contributed by atoms with Gasteiger partial charge in [-0.2, -0.15) is 0 Å². The van der Waals surface area contributed by atoms with Gasteiger partial charge in [0.2, 0.25) is 3.79 Å². The number of benzene rings is 1. The van der Waals surface area contributed by atoms with Gasteiger partial charge in [0, 0.05) is 11.9 Å². The number of carbonyl (C=O) groups excluding carboxylic acids is 1. The number of halogens is 4. The number of alkyl halides is 3. The van der Waals surface area contributed by atoms with Crippen LogP contribution in [0.5, 0.6) is 0 Å². The van der Waals surface area contributed by atoms with Crippen LogP contribution in [0.3, 0.4) is 0 Å². The highest BCUT2D eigenvalue weighted by Gasteiger charge is 2.34. The van der Waals surface area contributed by atoms with Gasteiger partial charge in [-0.25, -0.2) is 4.98 Å². The molecule has 2 rings (SSSR count). The van der Waals surface area contributed by atoms with Crippen molar-refractivity contribution in [2.75, 3.05) is 5.32 Å². The van der Waals surface area contributed by atoms with Crippen molar-refractivity contribution in [3.8, 4) is 0 Å². The summed E-state index contributed by atoms with van der Waals surface area (Å²) in [5.74, 6) is -0.402. The molecule has 2 N–H and O–H groups in total. The molecular formula is C15H13BrCl3N3O. The lowest BCUT2D eigenvalue weighted by molar-refractivity contribution is 0.0941. The number of anilines is 1. The van der Waals surface area contributed by atoms with Crippen molar-refractivity contribution in [3.05, 3.63) is 58.3 Å². The molecule has 0 saturated heterocycles. The molecule has 1 unspecified atom stereocenters. The lowest BCUT2D eigenvalue weighted by atomic mass is 10.2. The third kappa shape index (κ3) is 5.53. The summed E-state index contributed by atoms with van der Waals surface area (Å²) in [6.45, 7) is 1.97. The first-order valence-corrected chi connectivity index (χ1v) is 8.51. The molecule has 8 heteroatoms. The summed E-state index contributed by atoms with van der Waals surface area (Å²) in [4.78, 5) is 16.3. The van der Waals surface area contributed by atoms with Crippen LogP contribution in [0.2, 0.25) is 0 Å². The molecule has 122 valence electrons.